The molecule has 3 nitrogen and oxygen atoms in total. The summed E-state index contributed by atoms with van der Waals surface area (Å²) in [6, 6.07) is 8.81. The van der Waals surface area contributed by atoms with Crippen molar-refractivity contribution in [3.8, 4) is 0 Å². The fourth-order valence-corrected chi connectivity index (χ4v) is 1.48. The van der Waals surface area contributed by atoms with Crippen molar-refractivity contribution in [1.82, 2.24) is 0 Å². The number of aliphatic hydroxyl groups is 1. The Labute approximate surface area is 96.1 Å². The number of benzene rings is 1. The van der Waals surface area contributed by atoms with E-state index in [2.05, 4.69) is 0 Å². The molecule has 88 valence electrons. The van der Waals surface area contributed by atoms with E-state index in [1.807, 2.05) is 19.9 Å². The molecule has 1 aromatic rings. The molecule has 0 aliphatic heterocycles. The number of rotatable bonds is 5. The van der Waals surface area contributed by atoms with E-state index < -0.39 is 6.10 Å². The zero-order valence-corrected chi connectivity index (χ0v) is 9.72. The summed E-state index contributed by atoms with van der Waals surface area (Å²) >= 11 is 0. The maximum Gasteiger partial charge on any atom is 0.338 e. The first-order valence-electron chi connectivity index (χ1n) is 5.50. The fraction of sp³-hybridized carbons (Fsp3) is 0.462. The summed E-state index contributed by atoms with van der Waals surface area (Å²) < 4.78 is 5.21. The van der Waals surface area contributed by atoms with Gasteiger partial charge in [-0.05, 0) is 24.5 Å². The summed E-state index contributed by atoms with van der Waals surface area (Å²) in [5.41, 5.74) is 0.518. The van der Waals surface area contributed by atoms with Gasteiger partial charge in [-0.15, -0.1) is 0 Å². The zero-order chi connectivity index (χ0) is 12.0. The van der Waals surface area contributed by atoms with Crippen LogP contribution in [0.3, 0.4) is 0 Å². The molecule has 0 aliphatic rings. The van der Waals surface area contributed by atoms with E-state index in [9.17, 15) is 4.79 Å². The van der Waals surface area contributed by atoms with E-state index in [4.69, 9.17) is 9.84 Å². The molecular formula is C13H18O3. The number of hydrogen-bond donors (Lipinski definition) is 1. The minimum atomic E-state index is -0.410. The van der Waals surface area contributed by atoms with Crippen molar-refractivity contribution < 1.29 is 14.6 Å². The van der Waals surface area contributed by atoms with Crippen molar-refractivity contribution in [2.75, 3.05) is 6.61 Å². The van der Waals surface area contributed by atoms with Gasteiger partial charge in [-0.2, -0.15) is 0 Å². The van der Waals surface area contributed by atoms with Gasteiger partial charge in [0.15, 0.2) is 0 Å². The first-order valence-corrected chi connectivity index (χ1v) is 5.50. The van der Waals surface area contributed by atoms with Gasteiger partial charge < -0.3 is 9.84 Å². The molecule has 0 bridgehead atoms. The van der Waals surface area contributed by atoms with Crippen LogP contribution in [-0.4, -0.2) is 23.8 Å². The van der Waals surface area contributed by atoms with Crippen LogP contribution in [0.2, 0.25) is 0 Å². The van der Waals surface area contributed by atoms with Crippen LogP contribution >= 0.6 is 0 Å². The lowest BCUT2D eigenvalue weighted by molar-refractivity contribution is 0.00781. The molecule has 0 fully saturated rings. The third-order valence-electron chi connectivity index (χ3n) is 2.22. The molecule has 0 amide bonds. The molecule has 0 saturated carbocycles. The highest BCUT2D eigenvalue weighted by molar-refractivity contribution is 5.89. The molecule has 1 rings (SSSR count). The Kier molecular flexibility index (Phi) is 4.99. The van der Waals surface area contributed by atoms with Gasteiger partial charge in [0.25, 0.3) is 0 Å². The maximum absolute atomic E-state index is 11.7. The summed E-state index contributed by atoms with van der Waals surface area (Å²) in [5.74, 6) is 0.0148. The van der Waals surface area contributed by atoms with Crippen molar-refractivity contribution in [2.24, 2.45) is 5.92 Å². The van der Waals surface area contributed by atoms with Crippen molar-refractivity contribution in [3.63, 3.8) is 0 Å². The van der Waals surface area contributed by atoms with Gasteiger partial charge >= 0.3 is 5.97 Å². The van der Waals surface area contributed by atoms with Gasteiger partial charge in [0, 0.05) is 0 Å². The van der Waals surface area contributed by atoms with Crippen LogP contribution in [0.15, 0.2) is 30.3 Å². The van der Waals surface area contributed by atoms with Crippen molar-refractivity contribution >= 4 is 5.97 Å². The molecule has 3 heteroatoms. The van der Waals surface area contributed by atoms with Gasteiger partial charge in [0.05, 0.1) is 12.2 Å². The molecule has 16 heavy (non-hydrogen) atoms. The Morgan fingerprint density at radius 3 is 2.44 bits per heavy atom. The number of aliphatic hydroxyl groups excluding tert-OH is 1. The Bertz CT molecular complexity index is 319. The van der Waals surface area contributed by atoms with Gasteiger partial charge in [0.1, 0.15) is 6.10 Å². The first kappa shape index (κ1) is 12.7. The summed E-state index contributed by atoms with van der Waals surface area (Å²) in [6.45, 7) is 3.93. The zero-order valence-electron chi connectivity index (χ0n) is 9.72. The number of carbonyl (C=O) groups excluding carboxylic acids is 1. The van der Waals surface area contributed by atoms with Crippen LogP contribution < -0.4 is 0 Å². The monoisotopic (exact) mass is 222 g/mol. The molecule has 0 spiro atoms. The third kappa shape index (κ3) is 4.03. The van der Waals surface area contributed by atoms with Gasteiger partial charge in [-0.1, -0.05) is 32.0 Å². The summed E-state index contributed by atoms with van der Waals surface area (Å²) in [7, 11) is 0. The van der Waals surface area contributed by atoms with E-state index in [1.165, 1.54) is 0 Å². The second-order valence-electron chi connectivity index (χ2n) is 4.21. The molecule has 0 heterocycles. The Balaban J connectivity index is 2.56. The van der Waals surface area contributed by atoms with Crippen molar-refractivity contribution in [2.45, 2.75) is 26.4 Å². The molecular weight excluding hydrogens is 204 g/mol. The van der Waals surface area contributed by atoms with Crippen LogP contribution in [0.1, 0.15) is 30.6 Å². The van der Waals surface area contributed by atoms with Crippen molar-refractivity contribution in [1.29, 1.82) is 0 Å². The molecule has 1 aromatic carbocycles. The lowest BCUT2D eigenvalue weighted by Crippen LogP contribution is -2.23. The Morgan fingerprint density at radius 2 is 1.94 bits per heavy atom. The van der Waals surface area contributed by atoms with E-state index in [0.29, 0.717) is 17.9 Å². The average molecular weight is 222 g/mol. The quantitative estimate of drug-likeness (QED) is 0.777. The van der Waals surface area contributed by atoms with Crippen molar-refractivity contribution in [3.05, 3.63) is 35.9 Å². The van der Waals surface area contributed by atoms with Gasteiger partial charge in [-0.25, -0.2) is 4.79 Å². The normalized spacial score (nSPS) is 12.5. The molecule has 0 aliphatic carbocycles. The van der Waals surface area contributed by atoms with Crippen LogP contribution in [0.25, 0.3) is 0 Å². The maximum atomic E-state index is 11.7. The Morgan fingerprint density at radius 1 is 1.31 bits per heavy atom. The molecule has 1 unspecified atom stereocenters. The smallest absolute Gasteiger partial charge is 0.338 e. The topological polar surface area (TPSA) is 46.5 Å². The van der Waals surface area contributed by atoms with Gasteiger partial charge in [0.2, 0.25) is 0 Å². The minimum Gasteiger partial charge on any atom is -0.456 e. The second kappa shape index (κ2) is 6.28. The highest BCUT2D eigenvalue weighted by Gasteiger charge is 2.16. The second-order valence-corrected chi connectivity index (χ2v) is 4.21. The molecule has 0 radical (unpaired) electrons. The van der Waals surface area contributed by atoms with Crippen LogP contribution in [0.5, 0.6) is 0 Å². The highest BCUT2D eigenvalue weighted by atomic mass is 16.6. The predicted octanol–water partition coefficient (Wildman–Crippen LogP) is 2.25. The van der Waals surface area contributed by atoms with E-state index in [0.717, 1.165) is 0 Å². The SMILES string of the molecule is CC(C)CC(CO)OC(=O)c1ccccc1. The fourth-order valence-electron chi connectivity index (χ4n) is 1.48. The van der Waals surface area contributed by atoms with Crippen LogP contribution in [-0.2, 0) is 4.74 Å². The predicted molar refractivity (Wildman–Crippen MR) is 62.2 cm³/mol. The van der Waals surface area contributed by atoms with Crippen LogP contribution in [0, 0.1) is 5.92 Å². The van der Waals surface area contributed by atoms with Crippen LogP contribution in [0.4, 0.5) is 0 Å². The summed E-state index contributed by atoms with van der Waals surface area (Å²) in [5, 5.41) is 9.09. The Hall–Kier alpha value is -1.35. The summed E-state index contributed by atoms with van der Waals surface area (Å²) in [4.78, 5) is 11.7. The number of esters is 1. The van der Waals surface area contributed by atoms with E-state index >= 15 is 0 Å². The third-order valence-corrected chi connectivity index (χ3v) is 2.22. The lowest BCUT2D eigenvalue weighted by atomic mass is 10.1. The number of hydrogen-bond acceptors (Lipinski definition) is 3. The lowest BCUT2D eigenvalue weighted by Gasteiger charge is -2.17. The minimum absolute atomic E-state index is 0.128. The largest absolute Gasteiger partial charge is 0.456 e. The molecule has 1 N–H and O–H groups in total. The highest BCUT2D eigenvalue weighted by Crippen LogP contribution is 2.10. The standard InChI is InChI=1S/C13H18O3/c1-10(2)8-12(9-14)16-13(15)11-6-4-3-5-7-11/h3-7,10,12,14H,8-9H2,1-2H3. The van der Waals surface area contributed by atoms with E-state index in [-0.39, 0.29) is 12.6 Å². The molecule has 0 saturated heterocycles. The number of ether oxygens (including phenoxy) is 1. The van der Waals surface area contributed by atoms with Gasteiger partial charge in [-0.3, -0.25) is 0 Å². The average Bonchev–Trinajstić information content (AvgIpc) is 2.28. The molecule has 1 atom stereocenters. The first-order chi connectivity index (χ1) is 7.63. The molecule has 0 aromatic heterocycles. The summed E-state index contributed by atoms with van der Waals surface area (Å²) in [6.07, 6.45) is 0.266. The number of carbonyl (C=O) groups is 1. The van der Waals surface area contributed by atoms with E-state index in [1.54, 1.807) is 24.3 Å².